The van der Waals surface area contributed by atoms with E-state index in [1.165, 1.54) is 14.0 Å². The Labute approximate surface area is 165 Å². The van der Waals surface area contributed by atoms with Crippen molar-refractivity contribution in [2.24, 2.45) is 0 Å². The van der Waals surface area contributed by atoms with Gasteiger partial charge in [-0.3, -0.25) is 8.98 Å². The van der Waals surface area contributed by atoms with Gasteiger partial charge in [0.05, 0.1) is 32.1 Å². The summed E-state index contributed by atoms with van der Waals surface area (Å²) in [5.41, 5.74) is 1.33. The molecule has 28 heavy (non-hydrogen) atoms. The summed E-state index contributed by atoms with van der Waals surface area (Å²) >= 11 is 0. The van der Waals surface area contributed by atoms with Crippen LogP contribution in [0.4, 0.5) is 0 Å². The van der Waals surface area contributed by atoms with E-state index in [1.807, 2.05) is 0 Å². The number of Topliss-reactive ketones (excluding diaryl/α,β-unsaturated/α-hetero) is 1. The number of hydrogen-bond donors (Lipinski definition) is 0. The predicted octanol–water partition coefficient (Wildman–Crippen LogP) is 2.28. The molecule has 9 heteroatoms. The molecule has 0 aliphatic carbocycles. The molecule has 0 spiro atoms. The van der Waals surface area contributed by atoms with Gasteiger partial charge in [-0.15, -0.1) is 0 Å². The first-order chi connectivity index (χ1) is 13.2. The average Bonchev–Trinajstić information content (AvgIpc) is 2.64. The molecule has 1 atom stereocenters. The maximum atomic E-state index is 12.0. The van der Waals surface area contributed by atoms with E-state index >= 15 is 0 Å². The summed E-state index contributed by atoms with van der Waals surface area (Å²) in [6, 6.07) is 3.40. The normalized spacial score (nSPS) is 16.0. The Balaban J connectivity index is 1.95. The Hall–Kier alpha value is -2.13. The molecule has 1 aliphatic rings. The van der Waals surface area contributed by atoms with Crippen molar-refractivity contribution in [1.29, 1.82) is 0 Å². The molecule has 1 aromatic carbocycles. The molecular weight excluding hydrogens is 388 g/mol. The van der Waals surface area contributed by atoms with Crippen LogP contribution in [-0.2, 0) is 30.3 Å². The number of methoxy groups -OCH3 is 1. The van der Waals surface area contributed by atoms with Crippen molar-refractivity contribution in [3.63, 3.8) is 0 Å². The highest BCUT2D eigenvalue weighted by Gasteiger charge is 2.28. The van der Waals surface area contributed by atoms with Crippen molar-refractivity contribution in [3.05, 3.63) is 23.3 Å². The van der Waals surface area contributed by atoms with Crippen LogP contribution in [0, 0.1) is 0 Å². The van der Waals surface area contributed by atoms with Crippen molar-refractivity contribution in [2.45, 2.75) is 45.1 Å². The molecule has 0 radical (unpaired) electrons. The highest BCUT2D eigenvalue weighted by Crippen LogP contribution is 2.35. The van der Waals surface area contributed by atoms with Crippen LogP contribution in [0.15, 0.2) is 12.1 Å². The Bertz CT molecular complexity index is 815. The van der Waals surface area contributed by atoms with Gasteiger partial charge in [0.2, 0.25) is 0 Å². The molecule has 1 heterocycles. The molecular formula is C19H26O8S. The summed E-state index contributed by atoms with van der Waals surface area (Å²) in [5.74, 6) is 0.377. The van der Waals surface area contributed by atoms with Gasteiger partial charge in [-0.1, -0.05) is 0 Å². The third kappa shape index (κ3) is 6.49. The lowest BCUT2D eigenvalue weighted by Crippen LogP contribution is -2.32. The van der Waals surface area contributed by atoms with Crippen LogP contribution in [0.25, 0.3) is 0 Å². The molecule has 1 aliphatic heterocycles. The highest BCUT2D eigenvalue weighted by molar-refractivity contribution is 7.85. The molecule has 1 unspecified atom stereocenters. The maximum absolute atomic E-state index is 12.0. The molecule has 0 saturated carbocycles. The Morgan fingerprint density at radius 1 is 1.18 bits per heavy atom. The Morgan fingerprint density at radius 3 is 2.54 bits per heavy atom. The van der Waals surface area contributed by atoms with E-state index in [0.717, 1.165) is 18.2 Å². The van der Waals surface area contributed by atoms with Crippen molar-refractivity contribution < 1.29 is 36.4 Å². The molecule has 0 saturated heterocycles. The molecule has 0 N–H and O–H groups in total. The smallest absolute Gasteiger partial charge is 0.347 e. The SMILES string of the molecule is COC(=O)C1CCc2cc(C(C)=O)c(OCCCCCOS(C)(=O)=O)cc2O1. The summed E-state index contributed by atoms with van der Waals surface area (Å²) in [7, 11) is -2.10. The van der Waals surface area contributed by atoms with Crippen LogP contribution in [0.3, 0.4) is 0 Å². The van der Waals surface area contributed by atoms with E-state index in [1.54, 1.807) is 12.1 Å². The second-order valence-electron chi connectivity index (χ2n) is 6.62. The first-order valence-electron chi connectivity index (χ1n) is 9.11. The fourth-order valence-electron chi connectivity index (χ4n) is 2.88. The number of rotatable bonds is 10. The zero-order valence-corrected chi connectivity index (χ0v) is 17.2. The van der Waals surface area contributed by atoms with Crippen LogP contribution < -0.4 is 9.47 Å². The van der Waals surface area contributed by atoms with Crippen molar-refractivity contribution in [3.8, 4) is 11.5 Å². The van der Waals surface area contributed by atoms with E-state index in [0.29, 0.717) is 49.4 Å². The van der Waals surface area contributed by atoms with Gasteiger partial charge in [0.15, 0.2) is 11.9 Å². The quantitative estimate of drug-likeness (QED) is 0.248. The standard InChI is InChI=1S/C19H26O8S/c1-13(20)15-11-14-7-8-16(19(21)24-2)27-17(14)12-18(15)25-9-5-4-6-10-26-28(3,22)23/h11-12,16H,4-10H2,1-3H3. The van der Waals surface area contributed by atoms with Gasteiger partial charge in [0.25, 0.3) is 10.1 Å². The lowest BCUT2D eigenvalue weighted by Gasteiger charge is -2.25. The third-order valence-electron chi connectivity index (χ3n) is 4.29. The summed E-state index contributed by atoms with van der Waals surface area (Å²) in [4.78, 5) is 23.7. The van der Waals surface area contributed by atoms with E-state index in [4.69, 9.17) is 14.2 Å². The zero-order valence-electron chi connectivity index (χ0n) is 16.4. The van der Waals surface area contributed by atoms with E-state index in [-0.39, 0.29) is 12.4 Å². The molecule has 0 amide bonds. The minimum Gasteiger partial charge on any atom is -0.493 e. The average molecular weight is 414 g/mol. The summed E-state index contributed by atoms with van der Waals surface area (Å²) in [6.45, 7) is 1.97. The molecule has 0 aromatic heterocycles. The van der Waals surface area contributed by atoms with Gasteiger partial charge in [0, 0.05) is 6.07 Å². The second-order valence-corrected chi connectivity index (χ2v) is 8.26. The lowest BCUT2D eigenvalue weighted by molar-refractivity contribution is -0.149. The Kier molecular flexibility index (Phi) is 7.82. The van der Waals surface area contributed by atoms with Crippen LogP contribution in [0.1, 0.15) is 48.5 Å². The number of ether oxygens (including phenoxy) is 3. The van der Waals surface area contributed by atoms with Gasteiger partial charge >= 0.3 is 5.97 Å². The molecule has 2 rings (SSSR count). The zero-order chi connectivity index (χ0) is 20.7. The summed E-state index contributed by atoms with van der Waals surface area (Å²) < 4.78 is 42.7. The van der Waals surface area contributed by atoms with E-state index in [9.17, 15) is 18.0 Å². The van der Waals surface area contributed by atoms with Crippen LogP contribution in [0.2, 0.25) is 0 Å². The number of unbranched alkanes of at least 4 members (excludes halogenated alkanes) is 2. The van der Waals surface area contributed by atoms with Gasteiger partial charge in [-0.25, -0.2) is 4.79 Å². The minimum absolute atomic E-state index is 0.116. The number of ketones is 1. The van der Waals surface area contributed by atoms with Crippen LogP contribution >= 0.6 is 0 Å². The van der Waals surface area contributed by atoms with Crippen molar-refractivity contribution in [1.82, 2.24) is 0 Å². The lowest BCUT2D eigenvalue weighted by atomic mass is 9.98. The van der Waals surface area contributed by atoms with Gasteiger partial charge in [0.1, 0.15) is 11.5 Å². The number of carbonyl (C=O) groups is 2. The van der Waals surface area contributed by atoms with Gasteiger partial charge < -0.3 is 14.2 Å². The van der Waals surface area contributed by atoms with E-state index < -0.39 is 22.2 Å². The number of aryl methyl sites for hydroxylation is 1. The highest BCUT2D eigenvalue weighted by atomic mass is 32.2. The fraction of sp³-hybridized carbons (Fsp3) is 0.579. The number of hydrogen-bond acceptors (Lipinski definition) is 8. The second kappa shape index (κ2) is 9.88. The Morgan fingerprint density at radius 2 is 1.89 bits per heavy atom. The topological polar surface area (TPSA) is 105 Å². The molecule has 156 valence electrons. The number of fused-ring (bicyclic) bond motifs is 1. The monoisotopic (exact) mass is 414 g/mol. The van der Waals surface area contributed by atoms with Crippen molar-refractivity contribution >= 4 is 21.9 Å². The molecule has 0 bridgehead atoms. The fourth-order valence-corrected chi connectivity index (χ4v) is 3.30. The summed E-state index contributed by atoms with van der Waals surface area (Å²) in [6.07, 6.45) is 3.43. The van der Waals surface area contributed by atoms with Crippen LogP contribution in [0.5, 0.6) is 11.5 Å². The molecule has 1 aromatic rings. The molecule has 0 fully saturated rings. The predicted molar refractivity (Wildman–Crippen MR) is 101 cm³/mol. The summed E-state index contributed by atoms with van der Waals surface area (Å²) in [5, 5.41) is 0. The number of benzene rings is 1. The molecule has 8 nitrogen and oxygen atoms in total. The first-order valence-corrected chi connectivity index (χ1v) is 10.9. The van der Waals surface area contributed by atoms with Crippen LogP contribution in [-0.4, -0.2) is 52.9 Å². The maximum Gasteiger partial charge on any atom is 0.347 e. The largest absolute Gasteiger partial charge is 0.493 e. The van der Waals surface area contributed by atoms with E-state index in [2.05, 4.69) is 4.18 Å². The first kappa shape index (κ1) is 22.2. The number of carbonyl (C=O) groups excluding carboxylic acids is 2. The van der Waals surface area contributed by atoms with Gasteiger partial charge in [-0.05, 0) is 50.7 Å². The van der Waals surface area contributed by atoms with Gasteiger partial charge in [-0.2, -0.15) is 8.42 Å². The van der Waals surface area contributed by atoms with Crippen molar-refractivity contribution in [2.75, 3.05) is 26.6 Å². The third-order valence-corrected chi connectivity index (χ3v) is 4.89. The number of esters is 1. The minimum atomic E-state index is -3.41.